The molecular formula is C25H34N8. The lowest BCUT2D eigenvalue weighted by atomic mass is 9.92. The van der Waals surface area contributed by atoms with E-state index in [1.165, 1.54) is 58.2 Å². The highest BCUT2D eigenvalue weighted by atomic mass is 15.2. The lowest BCUT2D eigenvalue weighted by molar-refractivity contribution is 0.102. The van der Waals surface area contributed by atoms with E-state index in [4.69, 9.17) is 10.7 Å². The first kappa shape index (κ1) is 20.9. The molecule has 0 radical (unpaired) electrons. The molecule has 8 heteroatoms. The van der Waals surface area contributed by atoms with Crippen LogP contribution in [0, 0.1) is 12.8 Å². The molecule has 8 nitrogen and oxygen atoms in total. The molecule has 0 aromatic carbocycles. The number of nitrogens with two attached hydrogens (primary N) is 1. The minimum Gasteiger partial charge on any atom is -0.384 e. The van der Waals surface area contributed by atoms with Gasteiger partial charge in [0.15, 0.2) is 0 Å². The minimum absolute atomic E-state index is 0.429. The molecule has 5 N–H and O–H groups in total. The number of pyridine rings is 2. The van der Waals surface area contributed by atoms with Crippen LogP contribution in [0.25, 0.3) is 22.3 Å². The zero-order valence-electron chi connectivity index (χ0n) is 19.3. The Bertz CT molecular complexity index is 1120. The van der Waals surface area contributed by atoms with Crippen molar-refractivity contribution < 1.29 is 0 Å². The number of anilines is 2. The second-order valence-corrected chi connectivity index (χ2v) is 10.2. The van der Waals surface area contributed by atoms with E-state index in [0.717, 1.165) is 39.7 Å². The maximum absolute atomic E-state index is 6.19. The van der Waals surface area contributed by atoms with E-state index in [1.54, 1.807) is 0 Å². The number of nitrogens with one attached hydrogen (secondary N) is 3. The molecule has 0 saturated carbocycles. The Kier molecular flexibility index (Phi) is 5.42. The molecule has 2 bridgehead atoms. The average Bonchev–Trinajstić information content (AvgIpc) is 3.34. The number of aryl methyl sites for hydroxylation is 1. The van der Waals surface area contributed by atoms with Gasteiger partial charge >= 0.3 is 0 Å². The average molecular weight is 447 g/mol. The molecule has 0 amide bonds. The molecule has 3 saturated heterocycles. The Hall–Kier alpha value is -2.71. The summed E-state index contributed by atoms with van der Waals surface area (Å²) in [5, 5.41) is 15.6. The van der Waals surface area contributed by atoms with Crippen molar-refractivity contribution in [3.63, 3.8) is 0 Å². The van der Waals surface area contributed by atoms with Gasteiger partial charge in [-0.15, -0.1) is 0 Å². The molecular weight excluding hydrogens is 412 g/mol. The molecule has 2 unspecified atom stereocenters. The van der Waals surface area contributed by atoms with Gasteiger partial charge in [0.05, 0.1) is 11.2 Å². The Morgan fingerprint density at radius 2 is 1.82 bits per heavy atom. The topological polar surface area (TPSA) is 108 Å². The number of hydrogen-bond acceptors (Lipinski definition) is 7. The fraction of sp³-hybridized carbons (Fsp3) is 0.560. The summed E-state index contributed by atoms with van der Waals surface area (Å²) in [4.78, 5) is 12.3. The standard InChI is InChI=1S/C25H34N8/c1-15-10-23(32-31-15)21-5-4-20-22(29-21)13-24(26)30-25(20)28-17-11-18-2-3-19(12-17)33(18)14-16-6-8-27-9-7-16/h4-5,10,13,16-19,27H,2-3,6-9,11-12,14H2,1H3,(H,31,32)(H3,26,28,30). The maximum Gasteiger partial charge on any atom is 0.138 e. The Morgan fingerprint density at radius 3 is 2.55 bits per heavy atom. The van der Waals surface area contributed by atoms with Gasteiger partial charge in [-0.2, -0.15) is 5.10 Å². The Labute approximate surface area is 194 Å². The summed E-state index contributed by atoms with van der Waals surface area (Å²) in [5.41, 5.74) is 9.75. The van der Waals surface area contributed by atoms with Crippen molar-refractivity contribution in [1.82, 2.24) is 30.4 Å². The van der Waals surface area contributed by atoms with Gasteiger partial charge in [0, 0.05) is 41.8 Å². The largest absolute Gasteiger partial charge is 0.384 e. The van der Waals surface area contributed by atoms with Gasteiger partial charge in [0.2, 0.25) is 0 Å². The molecule has 3 fully saturated rings. The van der Waals surface area contributed by atoms with Crippen molar-refractivity contribution in [1.29, 1.82) is 0 Å². The highest BCUT2D eigenvalue weighted by Crippen LogP contribution is 2.38. The number of piperidine rings is 2. The van der Waals surface area contributed by atoms with Crippen LogP contribution < -0.4 is 16.4 Å². The zero-order chi connectivity index (χ0) is 22.4. The zero-order valence-corrected chi connectivity index (χ0v) is 19.3. The molecule has 2 atom stereocenters. The van der Waals surface area contributed by atoms with Crippen LogP contribution in [0.5, 0.6) is 0 Å². The Balaban J connectivity index is 1.20. The van der Waals surface area contributed by atoms with Crippen molar-refractivity contribution in [3.05, 3.63) is 30.0 Å². The number of fused-ring (bicyclic) bond motifs is 3. The number of nitrogens with zero attached hydrogens (tertiary/aromatic N) is 4. The van der Waals surface area contributed by atoms with Crippen LogP contribution in [0.15, 0.2) is 24.3 Å². The normalized spacial score (nSPS) is 26.2. The van der Waals surface area contributed by atoms with E-state index in [0.29, 0.717) is 23.9 Å². The third kappa shape index (κ3) is 4.17. The van der Waals surface area contributed by atoms with Crippen LogP contribution in [0.1, 0.15) is 44.2 Å². The first-order chi connectivity index (χ1) is 16.1. The van der Waals surface area contributed by atoms with Crippen LogP contribution in [0.4, 0.5) is 11.6 Å². The van der Waals surface area contributed by atoms with Crippen LogP contribution in [0.2, 0.25) is 0 Å². The van der Waals surface area contributed by atoms with E-state index < -0.39 is 0 Å². The predicted octanol–water partition coefficient (Wildman–Crippen LogP) is 3.32. The third-order valence-electron chi connectivity index (χ3n) is 7.83. The van der Waals surface area contributed by atoms with Crippen molar-refractivity contribution in [3.8, 4) is 11.4 Å². The van der Waals surface area contributed by atoms with Gasteiger partial charge < -0.3 is 16.4 Å². The summed E-state index contributed by atoms with van der Waals surface area (Å²) in [6.45, 7) is 5.64. The number of aromatic nitrogens is 4. The van der Waals surface area contributed by atoms with Crippen LogP contribution in [-0.4, -0.2) is 62.8 Å². The fourth-order valence-corrected chi connectivity index (χ4v) is 6.19. The third-order valence-corrected chi connectivity index (χ3v) is 7.83. The van der Waals surface area contributed by atoms with Gasteiger partial charge in [-0.3, -0.25) is 10.00 Å². The van der Waals surface area contributed by atoms with Gasteiger partial charge in [-0.05, 0) is 82.7 Å². The monoisotopic (exact) mass is 446 g/mol. The van der Waals surface area contributed by atoms with Gasteiger partial charge in [-0.1, -0.05) is 0 Å². The Morgan fingerprint density at radius 1 is 1.03 bits per heavy atom. The minimum atomic E-state index is 0.429. The highest BCUT2D eigenvalue weighted by Gasteiger charge is 2.41. The van der Waals surface area contributed by atoms with Crippen molar-refractivity contribution in [2.75, 3.05) is 30.7 Å². The van der Waals surface area contributed by atoms with Crippen LogP contribution in [0.3, 0.4) is 0 Å². The summed E-state index contributed by atoms with van der Waals surface area (Å²) in [7, 11) is 0. The SMILES string of the molecule is Cc1cc(-c2ccc3c(NC4CC5CCC(C4)N5CC4CCNCC4)nc(N)cc3n2)n[nH]1. The molecule has 6 heterocycles. The molecule has 0 aliphatic carbocycles. The summed E-state index contributed by atoms with van der Waals surface area (Å²) in [6.07, 6.45) is 7.65. The van der Waals surface area contributed by atoms with Gasteiger partial charge in [-0.25, -0.2) is 9.97 Å². The maximum atomic E-state index is 6.19. The molecule has 174 valence electrons. The number of hydrogen-bond donors (Lipinski definition) is 4. The van der Waals surface area contributed by atoms with Gasteiger partial charge in [0.25, 0.3) is 0 Å². The van der Waals surface area contributed by atoms with Crippen molar-refractivity contribution in [2.24, 2.45) is 5.92 Å². The molecule has 3 aromatic rings. The van der Waals surface area contributed by atoms with Crippen molar-refractivity contribution >= 4 is 22.5 Å². The first-order valence-corrected chi connectivity index (χ1v) is 12.4. The summed E-state index contributed by atoms with van der Waals surface area (Å²) in [6, 6.07) is 9.79. The number of aromatic amines is 1. The van der Waals surface area contributed by atoms with E-state index >= 15 is 0 Å². The van der Waals surface area contributed by atoms with Crippen LogP contribution in [-0.2, 0) is 0 Å². The summed E-state index contributed by atoms with van der Waals surface area (Å²) in [5.74, 6) is 2.22. The van der Waals surface area contributed by atoms with Crippen molar-refractivity contribution in [2.45, 2.75) is 63.6 Å². The quantitative estimate of drug-likeness (QED) is 0.476. The van der Waals surface area contributed by atoms with E-state index in [9.17, 15) is 0 Å². The molecule has 3 aliphatic heterocycles. The smallest absolute Gasteiger partial charge is 0.138 e. The highest BCUT2D eigenvalue weighted by molar-refractivity contribution is 5.92. The van der Waals surface area contributed by atoms with Crippen LogP contribution >= 0.6 is 0 Å². The molecule has 3 aromatic heterocycles. The second-order valence-electron chi connectivity index (χ2n) is 10.2. The molecule has 6 rings (SSSR count). The molecule has 33 heavy (non-hydrogen) atoms. The predicted molar refractivity (Wildman–Crippen MR) is 132 cm³/mol. The van der Waals surface area contributed by atoms with E-state index in [1.807, 2.05) is 25.1 Å². The summed E-state index contributed by atoms with van der Waals surface area (Å²) >= 11 is 0. The second kappa shape index (κ2) is 8.57. The van der Waals surface area contributed by atoms with Gasteiger partial charge in [0.1, 0.15) is 17.3 Å². The fourth-order valence-electron chi connectivity index (χ4n) is 6.19. The lowest BCUT2D eigenvalue weighted by Gasteiger charge is -2.41. The molecule has 0 spiro atoms. The number of rotatable bonds is 5. The first-order valence-electron chi connectivity index (χ1n) is 12.4. The number of nitrogen functional groups attached to an aromatic ring is 1. The summed E-state index contributed by atoms with van der Waals surface area (Å²) < 4.78 is 0. The lowest BCUT2D eigenvalue weighted by Crippen LogP contribution is -2.49. The molecule has 3 aliphatic rings. The number of H-pyrrole nitrogens is 1. The van der Waals surface area contributed by atoms with E-state index in [-0.39, 0.29) is 0 Å². The van der Waals surface area contributed by atoms with E-state index in [2.05, 4.69) is 36.8 Å².